The van der Waals surface area contributed by atoms with Gasteiger partial charge in [-0.1, -0.05) is 35.9 Å². The lowest BCUT2D eigenvalue weighted by Crippen LogP contribution is -2.39. The van der Waals surface area contributed by atoms with Gasteiger partial charge in [0.15, 0.2) is 0 Å². The van der Waals surface area contributed by atoms with E-state index in [2.05, 4.69) is 0 Å². The highest BCUT2D eigenvalue weighted by molar-refractivity contribution is 6.23. The lowest BCUT2D eigenvalue weighted by Gasteiger charge is -2.22. The summed E-state index contributed by atoms with van der Waals surface area (Å²) in [5.74, 6) is -1.37. The summed E-state index contributed by atoms with van der Waals surface area (Å²) in [6.07, 6.45) is -0.998. The summed E-state index contributed by atoms with van der Waals surface area (Å²) in [6, 6.07) is 11.1. The van der Waals surface area contributed by atoms with Gasteiger partial charge in [0, 0.05) is 6.07 Å². The quantitative estimate of drug-likeness (QED) is 0.531. The van der Waals surface area contributed by atoms with Crippen LogP contribution in [0.25, 0.3) is 0 Å². The van der Waals surface area contributed by atoms with Crippen molar-refractivity contribution in [1.29, 1.82) is 0 Å². The normalized spacial score (nSPS) is 14.8. The van der Waals surface area contributed by atoms with Crippen LogP contribution in [-0.4, -0.2) is 21.6 Å². The van der Waals surface area contributed by atoms with E-state index in [-0.39, 0.29) is 16.8 Å². The SMILES string of the molecule is Cc1cccc(C(N)N2C(=O)c3cccc([N+](=O)[O-])c3C2=O)c1. The Morgan fingerprint density at radius 2 is 1.83 bits per heavy atom. The van der Waals surface area contributed by atoms with E-state index in [1.165, 1.54) is 18.2 Å². The highest BCUT2D eigenvalue weighted by atomic mass is 16.6. The first-order chi connectivity index (χ1) is 10.9. The van der Waals surface area contributed by atoms with Crippen LogP contribution in [0.1, 0.15) is 38.0 Å². The van der Waals surface area contributed by atoms with Crippen molar-refractivity contribution in [3.63, 3.8) is 0 Å². The van der Waals surface area contributed by atoms with Crippen LogP contribution in [0.4, 0.5) is 5.69 Å². The van der Waals surface area contributed by atoms with Gasteiger partial charge in [-0.3, -0.25) is 24.6 Å². The molecule has 2 aromatic rings. The number of nitrogens with zero attached hydrogens (tertiary/aromatic N) is 2. The maximum atomic E-state index is 12.6. The van der Waals surface area contributed by atoms with Gasteiger partial charge in [-0.2, -0.15) is 0 Å². The summed E-state index contributed by atoms with van der Waals surface area (Å²) >= 11 is 0. The number of amides is 2. The number of nitro benzene ring substituents is 1. The molecule has 2 amide bonds. The van der Waals surface area contributed by atoms with Gasteiger partial charge >= 0.3 is 0 Å². The Morgan fingerprint density at radius 1 is 1.13 bits per heavy atom. The van der Waals surface area contributed by atoms with Crippen molar-refractivity contribution in [2.24, 2.45) is 5.73 Å². The molecule has 0 radical (unpaired) electrons. The molecule has 23 heavy (non-hydrogen) atoms. The number of nitrogens with two attached hydrogens (primary N) is 1. The Labute approximate surface area is 131 Å². The molecule has 0 saturated heterocycles. The van der Waals surface area contributed by atoms with E-state index in [9.17, 15) is 19.7 Å². The van der Waals surface area contributed by atoms with E-state index in [0.29, 0.717) is 5.56 Å². The first kappa shape index (κ1) is 14.9. The zero-order valence-electron chi connectivity index (χ0n) is 12.2. The number of rotatable bonds is 3. The van der Waals surface area contributed by atoms with Crippen molar-refractivity contribution in [1.82, 2.24) is 4.90 Å². The number of imide groups is 1. The molecule has 1 aliphatic heterocycles. The molecular weight excluding hydrogens is 298 g/mol. The molecule has 116 valence electrons. The standard InChI is InChI=1S/C16H13N3O4/c1-9-4-2-5-10(8-9)14(17)18-15(20)11-6-3-7-12(19(22)23)13(11)16(18)21/h2-8,14H,17H2,1H3. The minimum Gasteiger partial charge on any atom is -0.307 e. The second-order valence-corrected chi connectivity index (χ2v) is 5.30. The molecule has 0 spiro atoms. The lowest BCUT2D eigenvalue weighted by molar-refractivity contribution is -0.385. The molecule has 0 aromatic heterocycles. The van der Waals surface area contributed by atoms with E-state index < -0.39 is 22.9 Å². The molecule has 7 nitrogen and oxygen atoms in total. The molecule has 3 rings (SSSR count). The summed E-state index contributed by atoms with van der Waals surface area (Å²) in [7, 11) is 0. The smallest absolute Gasteiger partial charge is 0.282 e. The van der Waals surface area contributed by atoms with Gasteiger partial charge in [0.1, 0.15) is 11.7 Å². The molecule has 1 heterocycles. The Bertz CT molecular complexity index is 847. The highest BCUT2D eigenvalue weighted by Gasteiger charge is 2.43. The number of hydrogen-bond donors (Lipinski definition) is 1. The van der Waals surface area contributed by atoms with E-state index in [1.54, 1.807) is 18.2 Å². The fourth-order valence-corrected chi connectivity index (χ4v) is 2.69. The second kappa shape index (κ2) is 5.29. The predicted octanol–water partition coefficient (Wildman–Crippen LogP) is 2.16. The first-order valence-corrected chi connectivity index (χ1v) is 6.89. The Morgan fingerprint density at radius 3 is 2.48 bits per heavy atom. The molecular formula is C16H13N3O4. The van der Waals surface area contributed by atoms with Crippen molar-refractivity contribution >= 4 is 17.5 Å². The van der Waals surface area contributed by atoms with Crippen LogP contribution < -0.4 is 5.73 Å². The largest absolute Gasteiger partial charge is 0.307 e. The maximum absolute atomic E-state index is 12.6. The maximum Gasteiger partial charge on any atom is 0.282 e. The van der Waals surface area contributed by atoms with Gasteiger partial charge in [0.05, 0.1) is 10.5 Å². The van der Waals surface area contributed by atoms with Crippen LogP contribution in [0.3, 0.4) is 0 Å². The highest BCUT2D eigenvalue weighted by Crippen LogP contribution is 2.34. The van der Waals surface area contributed by atoms with Crippen LogP contribution in [0, 0.1) is 17.0 Å². The number of hydrogen-bond acceptors (Lipinski definition) is 5. The summed E-state index contributed by atoms with van der Waals surface area (Å²) in [5.41, 5.74) is 7.00. The molecule has 2 N–H and O–H groups in total. The summed E-state index contributed by atoms with van der Waals surface area (Å²) in [6.45, 7) is 1.86. The Balaban J connectivity index is 2.07. The number of aryl methyl sites for hydroxylation is 1. The molecule has 1 atom stereocenters. The van der Waals surface area contributed by atoms with Gasteiger partial charge in [-0.25, -0.2) is 0 Å². The number of carbonyl (C=O) groups excluding carboxylic acids is 2. The molecule has 7 heteroatoms. The third-order valence-corrected chi connectivity index (χ3v) is 3.78. The van der Waals surface area contributed by atoms with Crippen molar-refractivity contribution in [3.05, 3.63) is 74.8 Å². The van der Waals surface area contributed by atoms with Gasteiger partial charge in [-0.05, 0) is 18.6 Å². The Kier molecular flexibility index (Phi) is 3.42. The minimum atomic E-state index is -0.998. The lowest BCUT2D eigenvalue weighted by atomic mass is 10.1. The van der Waals surface area contributed by atoms with E-state index >= 15 is 0 Å². The summed E-state index contributed by atoms with van der Waals surface area (Å²) in [5, 5.41) is 11.1. The Hall–Kier alpha value is -3.06. The van der Waals surface area contributed by atoms with Crippen molar-refractivity contribution in [2.45, 2.75) is 13.1 Å². The minimum absolute atomic E-state index is 0.00676. The fraction of sp³-hybridized carbons (Fsp3) is 0.125. The van der Waals surface area contributed by atoms with Gasteiger partial charge in [-0.15, -0.1) is 0 Å². The van der Waals surface area contributed by atoms with Crippen molar-refractivity contribution in [3.8, 4) is 0 Å². The number of fused-ring (bicyclic) bond motifs is 1. The number of benzene rings is 2. The van der Waals surface area contributed by atoms with Crippen LogP contribution in [0.5, 0.6) is 0 Å². The zero-order valence-corrected chi connectivity index (χ0v) is 12.2. The van der Waals surface area contributed by atoms with E-state index in [1.807, 2.05) is 13.0 Å². The third kappa shape index (κ3) is 2.27. The molecule has 0 aliphatic carbocycles. The zero-order chi connectivity index (χ0) is 16.7. The molecule has 0 fully saturated rings. The van der Waals surface area contributed by atoms with Gasteiger partial charge < -0.3 is 5.73 Å². The van der Waals surface area contributed by atoms with Crippen LogP contribution in [-0.2, 0) is 0 Å². The topological polar surface area (TPSA) is 107 Å². The average molecular weight is 311 g/mol. The van der Waals surface area contributed by atoms with E-state index in [0.717, 1.165) is 10.5 Å². The second-order valence-electron chi connectivity index (χ2n) is 5.30. The molecule has 0 saturated carbocycles. The fourth-order valence-electron chi connectivity index (χ4n) is 2.69. The van der Waals surface area contributed by atoms with Crippen LogP contribution >= 0.6 is 0 Å². The van der Waals surface area contributed by atoms with Crippen LogP contribution in [0.15, 0.2) is 42.5 Å². The monoisotopic (exact) mass is 311 g/mol. The average Bonchev–Trinajstić information content (AvgIpc) is 2.78. The molecule has 0 bridgehead atoms. The number of nitro groups is 1. The summed E-state index contributed by atoms with van der Waals surface area (Å²) < 4.78 is 0. The summed E-state index contributed by atoms with van der Waals surface area (Å²) in [4.78, 5) is 36.3. The number of carbonyl (C=O) groups is 2. The van der Waals surface area contributed by atoms with Crippen molar-refractivity contribution < 1.29 is 14.5 Å². The van der Waals surface area contributed by atoms with Gasteiger partial charge in [0.25, 0.3) is 17.5 Å². The van der Waals surface area contributed by atoms with Crippen LogP contribution in [0.2, 0.25) is 0 Å². The molecule has 1 aliphatic rings. The van der Waals surface area contributed by atoms with E-state index in [4.69, 9.17) is 5.73 Å². The van der Waals surface area contributed by atoms with Gasteiger partial charge in [0.2, 0.25) is 0 Å². The van der Waals surface area contributed by atoms with Crippen molar-refractivity contribution in [2.75, 3.05) is 0 Å². The molecule has 1 unspecified atom stereocenters. The first-order valence-electron chi connectivity index (χ1n) is 6.89. The predicted molar refractivity (Wildman–Crippen MR) is 81.7 cm³/mol. The molecule has 2 aromatic carbocycles. The third-order valence-electron chi connectivity index (χ3n) is 3.78.